The molecule has 1 rings (SSSR count). The fourth-order valence-corrected chi connectivity index (χ4v) is 1.41. The van der Waals surface area contributed by atoms with Gasteiger partial charge < -0.3 is 4.79 Å². The van der Waals surface area contributed by atoms with Gasteiger partial charge in [0, 0.05) is 12.2 Å². The average molecular weight is 272 g/mol. The van der Waals surface area contributed by atoms with E-state index in [0.717, 1.165) is 10.6 Å². The zero-order valence-corrected chi connectivity index (χ0v) is 11.2. The normalized spacial score (nSPS) is 10.7. The molecule has 5 heteroatoms. The maximum atomic E-state index is 11.9. The van der Waals surface area contributed by atoms with E-state index in [1.165, 1.54) is 12.2 Å². The molecule has 20 heavy (non-hydrogen) atoms. The Morgan fingerprint density at radius 2 is 1.90 bits per heavy atom. The van der Waals surface area contributed by atoms with Crippen LogP contribution in [0.5, 0.6) is 0 Å². The van der Waals surface area contributed by atoms with E-state index in [9.17, 15) is 14.4 Å². The Bertz CT molecular complexity index is 521. The number of carbonyl (C=O) groups is 3. The lowest BCUT2D eigenvalue weighted by atomic mass is 10.2. The fraction of sp³-hybridized carbons (Fsp3) is 0.133. The van der Waals surface area contributed by atoms with E-state index in [1.54, 1.807) is 19.1 Å². The van der Waals surface area contributed by atoms with E-state index >= 15 is 0 Å². The van der Waals surface area contributed by atoms with Crippen LogP contribution < -0.4 is 5.43 Å². The average Bonchev–Trinajstić information content (AvgIpc) is 2.45. The molecule has 1 N–H and O–H groups in total. The van der Waals surface area contributed by atoms with Gasteiger partial charge in [-0.15, -0.1) is 0 Å². The number of hydrogen-bond donors (Lipinski definition) is 1. The minimum atomic E-state index is -0.473. The summed E-state index contributed by atoms with van der Waals surface area (Å²) in [5, 5.41) is 0.953. The SMILES string of the molecule is C/C=C/C(=O)NN(CC=O)C(=O)/C=C/c1ccccc1. The van der Waals surface area contributed by atoms with Crippen molar-refractivity contribution in [2.75, 3.05) is 6.54 Å². The molecule has 0 heterocycles. The third-order valence-electron chi connectivity index (χ3n) is 2.30. The first-order valence-corrected chi connectivity index (χ1v) is 6.09. The molecule has 0 aromatic heterocycles. The summed E-state index contributed by atoms with van der Waals surface area (Å²) < 4.78 is 0. The second-order valence-electron chi connectivity index (χ2n) is 3.84. The highest BCUT2D eigenvalue weighted by Gasteiger charge is 2.11. The molecule has 0 saturated carbocycles. The van der Waals surface area contributed by atoms with Gasteiger partial charge in [-0.25, -0.2) is 5.01 Å². The molecule has 2 amide bonds. The summed E-state index contributed by atoms with van der Waals surface area (Å²) in [6.07, 6.45) is 6.27. The molecule has 0 unspecified atom stereocenters. The molecule has 0 fully saturated rings. The number of allylic oxidation sites excluding steroid dienone is 1. The van der Waals surface area contributed by atoms with Crippen molar-refractivity contribution in [3.05, 3.63) is 54.1 Å². The predicted molar refractivity (Wildman–Crippen MR) is 76.2 cm³/mol. The maximum absolute atomic E-state index is 11.9. The number of nitrogens with zero attached hydrogens (tertiary/aromatic N) is 1. The highest BCUT2D eigenvalue weighted by atomic mass is 16.2. The lowest BCUT2D eigenvalue weighted by Crippen LogP contribution is -2.45. The first-order chi connectivity index (χ1) is 9.67. The van der Waals surface area contributed by atoms with Crippen LogP contribution in [0.25, 0.3) is 6.08 Å². The van der Waals surface area contributed by atoms with Crippen LogP contribution in [0.2, 0.25) is 0 Å². The Labute approximate surface area is 117 Å². The van der Waals surface area contributed by atoms with Crippen molar-refractivity contribution in [3.63, 3.8) is 0 Å². The van der Waals surface area contributed by atoms with Gasteiger partial charge in [0.1, 0.15) is 6.29 Å². The van der Waals surface area contributed by atoms with Gasteiger partial charge in [0.25, 0.3) is 11.8 Å². The predicted octanol–water partition coefficient (Wildman–Crippen LogP) is 1.33. The van der Waals surface area contributed by atoms with Gasteiger partial charge in [0.15, 0.2) is 0 Å². The Morgan fingerprint density at radius 1 is 1.20 bits per heavy atom. The molecule has 0 bridgehead atoms. The number of nitrogens with one attached hydrogen (secondary N) is 1. The van der Waals surface area contributed by atoms with Gasteiger partial charge in [-0.2, -0.15) is 0 Å². The van der Waals surface area contributed by atoms with Gasteiger partial charge in [-0.1, -0.05) is 36.4 Å². The van der Waals surface area contributed by atoms with E-state index in [0.29, 0.717) is 6.29 Å². The van der Waals surface area contributed by atoms with Crippen molar-refractivity contribution >= 4 is 24.2 Å². The van der Waals surface area contributed by atoms with Crippen LogP contribution in [0.15, 0.2) is 48.6 Å². The molecule has 0 aliphatic heterocycles. The quantitative estimate of drug-likeness (QED) is 0.499. The number of rotatable bonds is 5. The summed E-state index contributed by atoms with van der Waals surface area (Å²) in [6.45, 7) is 1.47. The van der Waals surface area contributed by atoms with E-state index < -0.39 is 11.8 Å². The van der Waals surface area contributed by atoms with Crippen LogP contribution in [-0.4, -0.2) is 29.7 Å². The van der Waals surface area contributed by atoms with E-state index in [1.807, 2.05) is 30.3 Å². The Kier molecular flexibility index (Phi) is 6.47. The van der Waals surface area contributed by atoms with Crippen LogP contribution in [0, 0.1) is 0 Å². The lowest BCUT2D eigenvalue weighted by molar-refractivity contribution is -0.137. The largest absolute Gasteiger partial charge is 0.301 e. The number of carbonyl (C=O) groups excluding carboxylic acids is 3. The molecular formula is C15H16N2O3. The summed E-state index contributed by atoms with van der Waals surface area (Å²) in [5.41, 5.74) is 3.18. The van der Waals surface area contributed by atoms with Crippen LogP contribution >= 0.6 is 0 Å². The monoisotopic (exact) mass is 272 g/mol. The van der Waals surface area contributed by atoms with E-state index in [-0.39, 0.29) is 6.54 Å². The van der Waals surface area contributed by atoms with Crippen molar-refractivity contribution in [3.8, 4) is 0 Å². The topological polar surface area (TPSA) is 66.5 Å². The third-order valence-corrected chi connectivity index (χ3v) is 2.30. The number of hydrazine groups is 1. The number of amides is 2. The standard InChI is InChI=1S/C15H16N2O3/c1-2-6-14(19)16-17(11-12-18)15(20)10-9-13-7-4-3-5-8-13/h2-10,12H,11H2,1H3,(H,16,19)/b6-2+,10-9+. The second-order valence-corrected chi connectivity index (χ2v) is 3.84. The lowest BCUT2D eigenvalue weighted by Gasteiger charge is -2.18. The van der Waals surface area contributed by atoms with Gasteiger partial charge in [0.2, 0.25) is 0 Å². The molecule has 0 saturated heterocycles. The highest BCUT2D eigenvalue weighted by molar-refractivity contribution is 5.95. The third kappa shape index (κ3) is 5.30. The van der Waals surface area contributed by atoms with E-state index in [4.69, 9.17) is 0 Å². The van der Waals surface area contributed by atoms with Crippen molar-refractivity contribution < 1.29 is 14.4 Å². The summed E-state index contributed by atoms with van der Waals surface area (Å²) in [4.78, 5) is 33.8. The summed E-state index contributed by atoms with van der Waals surface area (Å²) in [5.74, 6) is -0.936. The smallest absolute Gasteiger partial charge is 0.265 e. The molecular weight excluding hydrogens is 256 g/mol. The zero-order valence-electron chi connectivity index (χ0n) is 11.2. The summed E-state index contributed by atoms with van der Waals surface area (Å²) >= 11 is 0. The zero-order chi connectivity index (χ0) is 14.8. The molecule has 104 valence electrons. The molecule has 0 atom stereocenters. The Morgan fingerprint density at radius 3 is 2.50 bits per heavy atom. The van der Waals surface area contributed by atoms with Crippen LogP contribution in [0.4, 0.5) is 0 Å². The Hall–Kier alpha value is -2.69. The number of aldehydes is 1. The van der Waals surface area contributed by atoms with Crippen LogP contribution in [0.1, 0.15) is 12.5 Å². The minimum absolute atomic E-state index is 0.207. The molecule has 0 radical (unpaired) electrons. The molecule has 0 spiro atoms. The number of hydrogen-bond acceptors (Lipinski definition) is 3. The molecule has 5 nitrogen and oxygen atoms in total. The van der Waals surface area contributed by atoms with Crippen LogP contribution in [0.3, 0.4) is 0 Å². The van der Waals surface area contributed by atoms with Gasteiger partial charge >= 0.3 is 0 Å². The molecule has 0 aliphatic rings. The van der Waals surface area contributed by atoms with Crippen molar-refractivity contribution in [1.82, 2.24) is 10.4 Å². The Balaban J connectivity index is 2.71. The van der Waals surface area contributed by atoms with Gasteiger partial charge in [-0.3, -0.25) is 15.0 Å². The molecule has 1 aromatic rings. The summed E-state index contributed by atoms with van der Waals surface area (Å²) in [6, 6.07) is 9.25. The summed E-state index contributed by atoms with van der Waals surface area (Å²) in [7, 11) is 0. The number of benzene rings is 1. The second kappa shape index (κ2) is 8.42. The minimum Gasteiger partial charge on any atom is -0.301 e. The highest BCUT2D eigenvalue weighted by Crippen LogP contribution is 2.01. The molecule has 0 aliphatic carbocycles. The van der Waals surface area contributed by atoms with E-state index in [2.05, 4.69) is 5.43 Å². The first kappa shape index (κ1) is 15.4. The van der Waals surface area contributed by atoms with Crippen molar-refractivity contribution in [1.29, 1.82) is 0 Å². The maximum Gasteiger partial charge on any atom is 0.265 e. The van der Waals surface area contributed by atoms with Crippen LogP contribution in [-0.2, 0) is 14.4 Å². The fourth-order valence-electron chi connectivity index (χ4n) is 1.41. The van der Waals surface area contributed by atoms with Gasteiger partial charge in [0.05, 0.1) is 6.54 Å². The first-order valence-electron chi connectivity index (χ1n) is 6.09. The molecule has 1 aromatic carbocycles. The van der Waals surface area contributed by atoms with Gasteiger partial charge in [-0.05, 0) is 18.6 Å². The van der Waals surface area contributed by atoms with Crippen molar-refractivity contribution in [2.45, 2.75) is 6.92 Å². The van der Waals surface area contributed by atoms with Crippen molar-refractivity contribution in [2.24, 2.45) is 0 Å².